The monoisotopic (exact) mass is 250 g/mol. The molecule has 0 saturated carbocycles. The Morgan fingerprint density at radius 3 is 2.41 bits per heavy atom. The number of hydrogen-bond acceptors (Lipinski definition) is 3. The molecule has 0 radical (unpaired) electrons. The predicted octanol–water partition coefficient (Wildman–Crippen LogP) is 1.92. The summed E-state index contributed by atoms with van der Waals surface area (Å²) in [5.74, 6) is 0. The Morgan fingerprint density at radius 1 is 1.18 bits per heavy atom. The first-order valence-electron chi connectivity index (χ1n) is 5.91. The van der Waals surface area contributed by atoms with Crippen molar-refractivity contribution in [2.75, 3.05) is 0 Å². The smallest absolute Gasteiger partial charge is 0.423 e. The number of thioether (sulfide) groups is 1. The molecule has 0 aliphatic carbocycles. The van der Waals surface area contributed by atoms with Gasteiger partial charge in [-0.05, 0) is 28.9 Å². The highest BCUT2D eigenvalue weighted by Gasteiger charge is 2.38. The van der Waals surface area contributed by atoms with E-state index in [1.807, 2.05) is 23.9 Å². The predicted molar refractivity (Wildman–Crippen MR) is 73.8 cm³/mol. The third-order valence-electron chi connectivity index (χ3n) is 3.28. The molecule has 2 N–H and O–H groups in total. The van der Waals surface area contributed by atoms with E-state index in [1.165, 1.54) is 10.5 Å². The van der Waals surface area contributed by atoms with Gasteiger partial charge < -0.3 is 10.0 Å². The van der Waals surface area contributed by atoms with Crippen LogP contribution in [0, 0.1) is 0 Å². The van der Waals surface area contributed by atoms with E-state index in [-0.39, 0.29) is 10.2 Å². The van der Waals surface area contributed by atoms with E-state index in [0.29, 0.717) is 5.46 Å². The molecule has 0 atom stereocenters. The molecular weight excluding hydrogens is 231 g/mol. The second-order valence-corrected chi connectivity index (χ2v) is 7.80. The first-order valence-corrected chi connectivity index (χ1v) is 6.72. The van der Waals surface area contributed by atoms with E-state index in [0.717, 1.165) is 6.42 Å². The third-order valence-corrected chi connectivity index (χ3v) is 4.56. The van der Waals surface area contributed by atoms with Gasteiger partial charge in [0.15, 0.2) is 0 Å². The van der Waals surface area contributed by atoms with Crippen LogP contribution < -0.4 is 5.46 Å². The van der Waals surface area contributed by atoms with Crippen molar-refractivity contribution in [1.82, 2.24) is 0 Å². The van der Waals surface area contributed by atoms with E-state index in [9.17, 15) is 10.0 Å². The zero-order valence-electron chi connectivity index (χ0n) is 10.8. The van der Waals surface area contributed by atoms with E-state index in [2.05, 4.69) is 27.7 Å². The SMILES string of the molecule is CC1(C)CC(C)(C)c2cc(B(O)O)ccc2S1. The molecule has 1 aliphatic rings. The van der Waals surface area contributed by atoms with Crippen molar-refractivity contribution >= 4 is 24.3 Å². The Labute approximate surface area is 108 Å². The fraction of sp³-hybridized carbons (Fsp3) is 0.538. The minimum Gasteiger partial charge on any atom is -0.423 e. The third kappa shape index (κ3) is 2.54. The molecule has 4 heteroatoms. The second-order valence-electron chi connectivity index (χ2n) is 6.05. The standard InChI is InChI=1S/C13H19BO2S/c1-12(2)8-13(3,4)17-11-6-5-9(14(15)16)7-10(11)12/h5-7,15-16H,8H2,1-4H3. The van der Waals surface area contributed by atoms with Gasteiger partial charge in [-0.2, -0.15) is 0 Å². The largest absolute Gasteiger partial charge is 0.488 e. The van der Waals surface area contributed by atoms with Crippen LogP contribution in [0.1, 0.15) is 39.7 Å². The molecule has 0 unspecified atom stereocenters. The highest BCUT2D eigenvalue weighted by molar-refractivity contribution is 8.00. The zero-order valence-corrected chi connectivity index (χ0v) is 11.6. The van der Waals surface area contributed by atoms with E-state index >= 15 is 0 Å². The maximum absolute atomic E-state index is 9.25. The molecule has 0 aromatic heterocycles. The highest BCUT2D eigenvalue weighted by atomic mass is 32.2. The van der Waals surface area contributed by atoms with Gasteiger partial charge >= 0.3 is 7.12 Å². The summed E-state index contributed by atoms with van der Waals surface area (Å²) >= 11 is 1.87. The zero-order chi connectivity index (χ0) is 12.8. The van der Waals surface area contributed by atoms with Crippen LogP contribution in [0.15, 0.2) is 23.1 Å². The molecule has 0 fully saturated rings. The van der Waals surface area contributed by atoms with Gasteiger partial charge in [-0.15, -0.1) is 11.8 Å². The van der Waals surface area contributed by atoms with Crippen molar-refractivity contribution in [2.45, 2.75) is 49.2 Å². The molecule has 92 valence electrons. The first-order chi connectivity index (χ1) is 7.71. The molecule has 0 amide bonds. The molecule has 1 aromatic carbocycles. The van der Waals surface area contributed by atoms with Crippen molar-refractivity contribution in [3.05, 3.63) is 23.8 Å². The quantitative estimate of drug-likeness (QED) is 0.748. The maximum Gasteiger partial charge on any atom is 0.488 e. The van der Waals surface area contributed by atoms with Crippen molar-refractivity contribution in [3.8, 4) is 0 Å². The fourth-order valence-corrected chi connectivity index (χ4v) is 4.43. The maximum atomic E-state index is 9.25. The van der Waals surface area contributed by atoms with Crippen molar-refractivity contribution in [1.29, 1.82) is 0 Å². The van der Waals surface area contributed by atoms with E-state index in [1.54, 1.807) is 6.07 Å². The van der Waals surface area contributed by atoms with Crippen LogP contribution in [0.5, 0.6) is 0 Å². The van der Waals surface area contributed by atoms with Gasteiger partial charge in [-0.3, -0.25) is 0 Å². The summed E-state index contributed by atoms with van der Waals surface area (Å²) in [6, 6.07) is 5.74. The number of hydrogen-bond donors (Lipinski definition) is 2. The molecule has 2 nitrogen and oxygen atoms in total. The van der Waals surface area contributed by atoms with Crippen molar-refractivity contribution in [2.24, 2.45) is 0 Å². The Balaban J connectivity index is 2.51. The van der Waals surface area contributed by atoms with Crippen LogP contribution in [0.3, 0.4) is 0 Å². The molecular formula is C13H19BO2S. The molecule has 0 saturated heterocycles. The van der Waals surface area contributed by atoms with Crippen LogP contribution >= 0.6 is 11.8 Å². The normalized spacial score (nSPS) is 20.8. The van der Waals surface area contributed by atoms with Crippen LogP contribution in [0.4, 0.5) is 0 Å². The lowest BCUT2D eigenvalue weighted by Crippen LogP contribution is -2.37. The lowest BCUT2D eigenvalue weighted by atomic mass is 9.72. The van der Waals surface area contributed by atoms with Gasteiger partial charge in [0.1, 0.15) is 0 Å². The summed E-state index contributed by atoms with van der Waals surface area (Å²) < 4.78 is 0.232. The summed E-state index contributed by atoms with van der Waals surface area (Å²) in [5.41, 5.74) is 1.89. The van der Waals surface area contributed by atoms with Gasteiger partial charge in [0.25, 0.3) is 0 Å². The van der Waals surface area contributed by atoms with Gasteiger partial charge in [-0.1, -0.05) is 39.8 Å². The van der Waals surface area contributed by atoms with Crippen molar-refractivity contribution < 1.29 is 10.0 Å². The molecule has 2 rings (SSSR count). The van der Waals surface area contributed by atoms with E-state index in [4.69, 9.17) is 0 Å². The average Bonchev–Trinajstić information content (AvgIpc) is 2.13. The van der Waals surface area contributed by atoms with Crippen LogP contribution in [0.2, 0.25) is 0 Å². The lowest BCUT2D eigenvalue weighted by Gasteiger charge is -2.41. The van der Waals surface area contributed by atoms with Crippen LogP contribution in [0.25, 0.3) is 0 Å². The summed E-state index contributed by atoms with van der Waals surface area (Å²) in [7, 11) is -1.38. The Hall–Kier alpha value is -0.445. The van der Waals surface area contributed by atoms with Gasteiger partial charge in [-0.25, -0.2) is 0 Å². The molecule has 0 bridgehead atoms. The Bertz CT molecular complexity index is 441. The molecule has 1 aliphatic heterocycles. The topological polar surface area (TPSA) is 40.5 Å². The van der Waals surface area contributed by atoms with Crippen LogP contribution in [-0.4, -0.2) is 21.9 Å². The summed E-state index contributed by atoms with van der Waals surface area (Å²) in [4.78, 5) is 1.26. The number of benzene rings is 1. The van der Waals surface area contributed by atoms with Gasteiger partial charge in [0.2, 0.25) is 0 Å². The molecule has 17 heavy (non-hydrogen) atoms. The second kappa shape index (κ2) is 4.04. The molecule has 0 spiro atoms. The average molecular weight is 250 g/mol. The first kappa shape index (κ1) is 13.0. The lowest BCUT2D eigenvalue weighted by molar-refractivity contribution is 0.407. The van der Waals surface area contributed by atoms with Gasteiger partial charge in [0.05, 0.1) is 0 Å². The van der Waals surface area contributed by atoms with Crippen molar-refractivity contribution in [3.63, 3.8) is 0 Å². The Morgan fingerprint density at radius 2 is 1.82 bits per heavy atom. The fourth-order valence-electron chi connectivity index (χ4n) is 2.82. The Kier molecular flexibility index (Phi) is 3.09. The summed E-state index contributed by atoms with van der Waals surface area (Å²) in [6.45, 7) is 8.97. The van der Waals surface area contributed by atoms with Crippen LogP contribution in [-0.2, 0) is 5.41 Å². The highest BCUT2D eigenvalue weighted by Crippen LogP contribution is 2.50. The number of rotatable bonds is 1. The summed E-state index contributed by atoms with van der Waals surface area (Å²) in [5, 5.41) is 18.5. The minimum atomic E-state index is -1.38. The van der Waals surface area contributed by atoms with E-state index < -0.39 is 7.12 Å². The summed E-state index contributed by atoms with van der Waals surface area (Å²) in [6.07, 6.45) is 1.09. The minimum absolute atomic E-state index is 0.0784. The molecule has 1 aromatic rings. The number of fused-ring (bicyclic) bond motifs is 1. The van der Waals surface area contributed by atoms with Gasteiger partial charge in [0, 0.05) is 9.64 Å². The molecule has 1 heterocycles.